The topological polar surface area (TPSA) is 12.5 Å². The SMILES string of the molecule is COc1cccc2c1CCC21CC(C)(C)N(c2c(C(C)C)cccc2C(C)C)C1CCl. The lowest BCUT2D eigenvalue weighted by atomic mass is 9.73. The van der Waals surface area contributed by atoms with Crippen molar-refractivity contribution in [2.45, 2.75) is 89.6 Å². The summed E-state index contributed by atoms with van der Waals surface area (Å²) in [4.78, 5) is 2.72. The number of benzene rings is 2. The van der Waals surface area contributed by atoms with Crippen LogP contribution in [0, 0.1) is 0 Å². The molecule has 1 fully saturated rings. The molecule has 0 N–H and O–H groups in total. The van der Waals surface area contributed by atoms with Crippen molar-refractivity contribution in [3.05, 3.63) is 58.7 Å². The third kappa shape index (κ3) is 3.37. The third-order valence-electron chi connectivity index (χ3n) is 7.79. The molecule has 0 bridgehead atoms. The summed E-state index contributed by atoms with van der Waals surface area (Å²) >= 11 is 6.88. The maximum atomic E-state index is 6.88. The average Bonchev–Trinajstić information content (AvgIpc) is 3.20. The molecule has 1 saturated heterocycles. The number of hydrogen-bond acceptors (Lipinski definition) is 2. The molecule has 31 heavy (non-hydrogen) atoms. The highest BCUT2D eigenvalue weighted by Gasteiger charge is 2.59. The zero-order chi connectivity index (χ0) is 22.6. The highest BCUT2D eigenvalue weighted by atomic mass is 35.5. The molecular formula is C28H38ClNO. The summed E-state index contributed by atoms with van der Waals surface area (Å²) in [5, 5.41) is 0. The van der Waals surface area contributed by atoms with Gasteiger partial charge in [-0.15, -0.1) is 11.6 Å². The minimum absolute atomic E-state index is 0.0128. The number of para-hydroxylation sites is 1. The van der Waals surface area contributed by atoms with Crippen LogP contribution in [0.4, 0.5) is 5.69 Å². The standard InChI is InChI=1S/C28H38ClNO/c1-18(2)20-10-8-11-21(19(3)4)26(20)30-25(16-29)28(17-27(30,5)6)15-14-22-23(28)12-9-13-24(22)31-7/h8-13,18-19,25H,14-17H2,1-7H3. The molecule has 1 aliphatic carbocycles. The van der Waals surface area contributed by atoms with Gasteiger partial charge in [0.05, 0.1) is 13.2 Å². The number of rotatable bonds is 5. The van der Waals surface area contributed by atoms with Crippen LogP contribution in [0.3, 0.4) is 0 Å². The number of hydrogen-bond donors (Lipinski definition) is 0. The predicted molar refractivity (Wildman–Crippen MR) is 133 cm³/mol. The number of nitrogens with zero attached hydrogens (tertiary/aromatic N) is 1. The van der Waals surface area contributed by atoms with Gasteiger partial charge in [-0.2, -0.15) is 0 Å². The molecule has 2 aliphatic rings. The van der Waals surface area contributed by atoms with Gasteiger partial charge >= 0.3 is 0 Å². The van der Waals surface area contributed by atoms with Gasteiger partial charge in [0.25, 0.3) is 0 Å². The number of methoxy groups -OCH3 is 1. The van der Waals surface area contributed by atoms with Crippen LogP contribution in [0.2, 0.25) is 0 Å². The van der Waals surface area contributed by atoms with Gasteiger partial charge in [0.2, 0.25) is 0 Å². The van der Waals surface area contributed by atoms with E-state index in [9.17, 15) is 0 Å². The summed E-state index contributed by atoms with van der Waals surface area (Å²) in [6, 6.07) is 13.7. The molecule has 2 aromatic rings. The van der Waals surface area contributed by atoms with Crippen LogP contribution in [-0.2, 0) is 11.8 Å². The number of halogens is 1. The van der Waals surface area contributed by atoms with Crippen LogP contribution in [0.15, 0.2) is 36.4 Å². The molecule has 3 heteroatoms. The van der Waals surface area contributed by atoms with Crippen molar-refractivity contribution in [3.63, 3.8) is 0 Å². The zero-order valence-corrected chi connectivity index (χ0v) is 21.0. The van der Waals surface area contributed by atoms with E-state index in [1.165, 1.54) is 27.9 Å². The quantitative estimate of drug-likeness (QED) is 0.449. The molecule has 0 aromatic heterocycles. The first-order chi connectivity index (χ1) is 14.7. The van der Waals surface area contributed by atoms with Crippen molar-refractivity contribution in [1.29, 1.82) is 0 Å². The molecule has 0 saturated carbocycles. The Kier molecular flexibility index (Phi) is 5.83. The molecule has 1 aliphatic heterocycles. The lowest BCUT2D eigenvalue weighted by Crippen LogP contribution is -2.48. The Balaban J connectivity index is 1.94. The molecule has 2 atom stereocenters. The molecule has 4 rings (SSSR count). The van der Waals surface area contributed by atoms with Gasteiger partial charge in [-0.25, -0.2) is 0 Å². The average molecular weight is 440 g/mol. The van der Waals surface area contributed by atoms with E-state index in [-0.39, 0.29) is 17.0 Å². The summed E-state index contributed by atoms with van der Waals surface area (Å²) in [6.45, 7) is 14.1. The van der Waals surface area contributed by atoms with E-state index >= 15 is 0 Å². The lowest BCUT2D eigenvalue weighted by molar-refractivity contribution is 0.384. The van der Waals surface area contributed by atoms with Crippen molar-refractivity contribution in [2.24, 2.45) is 0 Å². The van der Waals surface area contributed by atoms with Crippen LogP contribution < -0.4 is 9.64 Å². The monoisotopic (exact) mass is 439 g/mol. The minimum Gasteiger partial charge on any atom is -0.496 e. The Labute approximate surface area is 193 Å². The third-order valence-corrected chi connectivity index (χ3v) is 8.08. The van der Waals surface area contributed by atoms with E-state index in [0.717, 1.165) is 25.0 Å². The lowest BCUT2D eigenvalue weighted by Gasteiger charge is -2.42. The molecule has 2 nitrogen and oxygen atoms in total. The minimum atomic E-state index is 0.0128. The second-order valence-corrected chi connectivity index (χ2v) is 11.1. The number of alkyl halides is 1. The summed E-state index contributed by atoms with van der Waals surface area (Å²) in [5.41, 5.74) is 7.23. The van der Waals surface area contributed by atoms with Crippen molar-refractivity contribution in [2.75, 3.05) is 17.9 Å². The molecule has 1 heterocycles. The van der Waals surface area contributed by atoms with Crippen LogP contribution in [0.25, 0.3) is 0 Å². The molecule has 2 unspecified atom stereocenters. The van der Waals surface area contributed by atoms with Gasteiger partial charge in [-0.3, -0.25) is 0 Å². The largest absolute Gasteiger partial charge is 0.496 e. The van der Waals surface area contributed by atoms with Gasteiger partial charge in [0.1, 0.15) is 5.75 Å². The van der Waals surface area contributed by atoms with Crippen LogP contribution in [0.1, 0.15) is 88.5 Å². The van der Waals surface area contributed by atoms with Crippen LogP contribution in [-0.4, -0.2) is 24.6 Å². The molecule has 168 valence electrons. The van der Waals surface area contributed by atoms with Crippen LogP contribution >= 0.6 is 11.6 Å². The Bertz CT molecular complexity index is 937. The number of fused-ring (bicyclic) bond motifs is 2. The first-order valence-corrected chi connectivity index (χ1v) is 12.4. The normalized spacial score (nSPS) is 24.5. The highest BCUT2D eigenvalue weighted by Crippen LogP contribution is 2.58. The second kappa shape index (κ2) is 8.03. The molecule has 1 spiro atoms. The van der Waals surface area contributed by atoms with Gasteiger partial charge in [0.15, 0.2) is 0 Å². The van der Waals surface area contributed by atoms with Gasteiger partial charge in [0, 0.05) is 22.5 Å². The van der Waals surface area contributed by atoms with Gasteiger partial charge in [-0.1, -0.05) is 58.0 Å². The summed E-state index contributed by atoms with van der Waals surface area (Å²) < 4.78 is 5.75. The van der Waals surface area contributed by atoms with E-state index in [0.29, 0.717) is 17.7 Å². The van der Waals surface area contributed by atoms with Gasteiger partial charge in [-0.05, 0) is 73.3 Å². The Morgan fingerprint density at radius 2 is 1.65 bits per heavy atom. The molecular weight excluding hydrogens is 402 g/mol. The Morgan fingerprint density at radius 3 is 2.19 bits per heavy atom. The maximum absolute atomic E-state index is 6.88. The smallest absolute Gasteiger partial charge is 0.122 e. The van der Waals surface area contributed by atoms with Gasteiger partial charge < -0.3 is 9.64 Å². The van der Waals surface area contributed by atoms with E-state index in [1.54, 1.807) is 7.11 Å². The van der Waals surface area contributed by atoms with E-state index < -0.39 is 0 Å². The van der Waals surface area contributed by atoms with E-state index in [2.05, 4.69) is 82.8 Å². The predicted octanol–water partition coefficient (Wildman–Crippen LogP) is 7.42. The summed E-state index contributed by atoms with van der Waals surface area (Å²) in [7, 11) is 1.79. The zero-order valence-electron chi connectivity index (χ0n) is 20.3. The van der Waals surface area contributed by atoms with E-state index in [4.69, 9.17) is 16.3 Å². The summed E-state index contributed by atoms with van der Waals surface area (Å²) in [5.74, 6) is 2.59. The van der Waals surface area contributed by atoms with Crippen molar-refractivity contribution in [1.82, 2.24) is 0 Å². The number of anilines is 1. The molecule has 2 aromatic carbocycles. The number of ether oxygens (including phenoxy) is 1. The summed E-state index contributed by atoms with van der Waals surface area (Å²) in [6.07, 6.45) is 3.32. The first kappa shape index (κ1) is 22.5. The molecule has 0 radical (unpaired) electrons. The fourth-order valence-electron chi connectivity index (χ4n) is 6.60. The van der Waals surface area contributed by atoms with Crippen molar-refractivity contribution in [3.8, 4) is 5.75 Å². The fraction of sp³-hybridized carbons (Fsp3) is 0.571. The van der Waals surface area contributed by atoms with E-state index in [1.807, 2.05) is 0 Å². The first-order valence-electron chi connectivity index (χ1n) is 11.8. The van der Waals surface area contributed by atoms with Crippen LogP contribution in [0.5, 0.6) is 5.75 Å². The Hall–Kier alpha value is -1.67. The highest BCUT2D eigenvalue weighted by molar-refractivity contribution is 6.18. The second-order valence-electron chi connectivity index (χ2n) is 10.8. The molecule has 0 amide bonds. The fourth-order valence-corrected chi connectivity index (χ4v) is 7.04. The Morgan fingerprint density at radius 1 is 1.03 bits per heavy atom. The van der Waals surface area contributed by atoms with Crippen molar-refractivity contribution < 1.29 is 4.74 Å². The maximum Gasteiger partial charge on any atom is 0.122 e. The van der Waals surface area contributed by atoms with Crippen molar-refractivity contribution >= 4 is 17.3 Å².